The van der Waals surface area contributed by atoms with Crippen LogP contribution in [0.15, 0.2) is 46.0 Å². The third kappa shape index (κ3) is 4.53. The first kappa shape index (κ1) is 21.2. The van der Waals surface area contributed by atoms with E-state index in [0.29, 0.717) is 19.0 Å². The maximum atomic E-state index is 12.6. The minimum atomic E-state index is -3.79. The number of sulfonamides is 1. The quantitative estimate of drug-likeness (QED) is 0.609. The zero-order chi connectivity index (χ0) is 22.0. The average Bonchev–Trinajstić information content (AvgIpc) is 3.40. The molecule has 0 unspecified atom stereocenters. The first-order valence-electron chi connectivity index (χ1n) is 9.79. The molecule has 1 aliphatic rings. The predicted octanol–water partition coefficient (Wildman–Crippen LogP) is 1.43. The van der Waals surface area contributed by atoms with E-state index < -0.39 is 15.9 Å². The van der Waals surface area contributed by atoms with Gasteiger partial charge in [0.15, 0.2) is 11.6 Å². The second kappa shape index (κ2) is 8.61. The zero-order valence-electron chi connectivity index (χ0n) is 17.2. The number of hydrogen-bond donors (Lipinski definition) is 1. The van der Waals surface area contributed by atoms with Crippen LogP contribution in [0.25, 0.3) is 5.82 Å². The molecule has 1 fully saturated rings. The Morgan fingerprint density at radius 1 is 1.16 bits per heavy atom. The predicted molar refractivity (Wildman–Crippen MR) is 110 cm³/mol. The summed E-state index contributed by atoms with van der Waals surface area (Å²) >= 11 is 0. The summed E-state index contributed by atoms with van der Waals surface area (Å²) < 4.78 is 38.8. The Kier molecular flexibility index (Phi) is 5.90. The summed E-state index contributed by atoms with van der Waals surface area (Å²) in [6.07, 6.45) is 1.66. The molecule has 0 spiro atoms. The number of furan rings is 1. The summed E-state index contributed by atoms with van der Waals surface area (Å²) in [5.41, 5.74) is 2.67. The summed E-state index contributed by atoms with van der Waals surface area (Å²) in [4.78, 5) is 16.8. The molecule has 1 aliphatic heterocycles. The van der Waals surface area contributed by atoms with Crippen molar-refractivity contribution in [3.8, 4) is 5.82 Å². The third-order valence-corrected chi connectivity index (χ3v) is 6.63. The topological polar surface area (TPSA) is 120 Å². The average molecular weight is 446 g/mol. The fourth-order valence-electron chi connectivity index (χ4n) is 3.27. The molecular formula is C20H23N5O5S. The van der Waals surface area contributed by atoms with Gasteiger partial charge in [-0.1, -0.05) is 6.07 Å². The Hall–Kier alpha value is -3.02. The molecule has 1 N–H and O–H groups in total. The highest BCUT2D eigenvalue weighted by Crippen LogP contribution is 2.20. The van der Waals surface area contributed by atoms with Crippen LogP contribution in [0.4, 0.5) is 0 Å². The highest BCUT2D eigenvalue weighted by molar-refractivity contribution is 7.89. The number of aryl methyl sites for hydroxylation is 2. The fourth-order valence-corrected chi connectivity index (χ4v) is 4.59. The van der Waals surface area contributed by atoms with E-state index in [1.807, 2.05) is 32.0 Å². The molecule has 31 heavy (non-hydrogen) atoms. The number of rotatable bonds is 6. The number of nitrogens with zero attached hydrogens (tertiary/aromatic N) is 4. The van der Waals surface area contributed by atoms with Crippen LogP contribution in [0.3, 0.4) is 0 Å². The molecule has 0 saturated carbocycles. The van der Waals surface area contributed by atoms with Crippen LogP contribution in [0, 0.1) is 13.8 Å². The van der Waals surface area contributed by atoms with Crippen LogP contribution < -0.4 is 5.32 Å². The maximum Gasteiger partial charge on any atom is 0.287 e. The minimum Gasteiger partial charge on any atom is -0.438 e. The molecule has 164 valence electrons. The minimum absolute atomic E-state index is 0.0703. The number of pyridine rings is 1. The Labute approximate surface area is 179 Å². The van der Waals surface area contributed by atoms with Gasteiger partial charge in [0.1, 0.15) is 0 Å². The molecule has 0 radical (unpaired) electrons. The van der Waals surface area contributed by atoms with Crippen molar-refractivity contribution in [1.29, 1.82) is 0 Å². The van der Waals surface area contributed by atoms with Gasteiger partial charge < -0.3 is 14.5 Å². The van der Waals surface area contributed by atoms with Crippen molar-refractivity contribution in [2.24, 2.45) is 0 Å². The lowest BCUT2D eigenvalue weighted by Crippen LogP contribution is -2.40. The van der Waals surface area contributed by atoms with Crippen molar-refractivity contribution in [3.05, 3.63) is 59.2 Å². The number of nitrogens with one attached hydrogen (secondary N) is 1. The number of ether oxygens (including phenoxy) is 1. The van der Waals surface area contributed by atoms with Gasteiger partial charge in [-0.2, -0.15) is 9.40 Å². The summed E-state index contributed by atoms with van der Waals surface area (Å²) in [5, 5.41) is 6.85. The van der Waals surface area contributed by atoms with Gasteiger partial charge in [-0.15, -0.1) is 0 Å². The van der Waals surface area contributed by atoms with E-state index in [1.165, 1.54) is 16.4 Å². The van der Waals surface area contributed by atoms with Crippen LogP contribution in [0.2, 0.25) is 0 Å². The molecule has 10 nitrogen and oxygen atoms in total. The van der Waals surface area contributed by atoms with Crippen molar-refractivity contribution >= 4 is 15.9 Å². The number of carbonyl (C=O) groups excluding carboxylic acids is 1. The molecule has 0 atom stereocenters. The van der Waals surface area contributed by atoms with Crippen LogP contribution in [0.1, 0.15) is 27.5 Å². The molecule has 0 aliphatic carbocycles. The molecule has 3 aromatic heterocycles. The summed E-state index contributed by atoms with van der Waals surface area (Å²) in [5.74, 6) is 0.106. The van der Waals surface area contributed by atoms with Crippen molar-refractivity contribution in [2.45, 2.75) is 25.5 Å². The maximum absolute atomic E-state index is 12.6. The second-order valence-electron chi connectivity index (χ2n) is 7.18. The van der Waals surface area contributed by atoms with Gasteiger partial charge in [-0.05, 0) is 43.7 Å². The lowest BCUT2D eigenvalue weighted by Gasteiger charge is -2.24. The Balaban J connectivity index is 1.39. The van der Waals surface area contributed by atoms with E-state index in [4.69, 9.17) is 9.15 Å². The zero-order valence-corrected chi connectivity index (χ0v) is 18.1. The Morgan fingerprint density at radius 3 is 2.58 bits per heavy atom. The number of morpholine rings is 1. The number of carbonyl (C=O) groups is 1. The van der Waals surface area contributed by atoms with E-state index in [2.05, 4.69) is 15.4 Å². The number of hydrogen-bond acceptors (Lipinski definition) is 7. The highest BCUT2D eigenvalue weighted by Gasteiger charge is 2.30. The molecule has 11 heteroatoms. The summed E-state index contributed by atoms with van der Waals surface area (Å²) in [6.45, 7) is 5.26. The molecule has 4 heterocycles. The first-order valence-corrected chi connectivity index (χ1v) is 11.2. The van der Waals surface area contributed by atoms with Crippen LogP contribution >= 0.6 is 0 Å². The van der Waals surface area contributed by atoms with Gasteiger partial charge in [-0.3, -0.25) is 4.79 Å². The molecular weight excluding hydrogens is 422 g/mol. The standard InChI is InChI=1S/C20H23N5O5S/c1-14-11-15(2)25(23-14)18-5-3-16(12-21-18)13-22-20(26)17-4-6-19(30-17)31(27,28)24-7-9-29-10-8-24/h3-6,11-12H,7-10,13H2,1-2H3,(H,22,26). The van der Waals surface area contributed by atoms with Gasteiger partial charge in [0.2, 0.25) is 5.09 Å². The smallest absolute Gasteiger partial charge is 0.287 e. The van der Waals surface area contributed by atoms with E-state index in [9.17, 15) is 13.2 Å². The molecule has 1 saturated heterocycles. The van der Waals surface area contributed by atoms with E-state index in [1.54, 1.807) is 10.9 Å². The van der Waals surface area contributed by atoms with Crippen molar-refractivity contribution in [3.63, 3.8) is 0 Å². The normalized spacial score (nSPS) is 15.2. The lowest BCUT2D eigenvalue weighted by atomic mass is 10.2. The molecule has 3 aromatic rings. The summed E-state index contributed by atoms with van der Waals surface area (Å²) in [6, 6.07) is 8.28. The van der Waals surface area contributed by atoms with Crippen LogP contribution in [-0.4, -0.2) is 59.7 Å². The third-order valence-electron chi connectivity index (χ3n) is 4.86. The van der Waals surface area contributed by atoms with Gasteiger partial charge in [-0.25, -0.2) is 18.1 Å². The molecule has 1 amide bonds. The van der Waals surface area contributed by atoms with Crippen molar-refractivity contribution in [1.82, 2.24) is 24.4 Å². The molecule has 0 bridgehead atoms. The lowest BCUT2D eigenvalue weighted by molar-refractivity contribution is 0.0722. The SMILES string of the molecule is Cc1cc(C)n(-c2ccc(CNC(=O)c3ccc(S(=O)(=O)N4CCOCC4)o3)cn2)n1. The fraction of sp³-hybridized carbons (Fsp3) is 0.350. The Morgan fingerprint density at radius 2 is 1.94 bits per heavy atom. The van der Waals surface area contributed by atoms with E-state index >= 15 is 0 Å². The van der Waals surface area contributed by atoms with Gasteiger partial charge in [0.05, 0.1) is 18.9 Å². The highest BCUT2D eigenvalue weighted by atomic mass is 32.2. The first-order chi connectivity index (χ1) is 14.8. The monoisotopic (exact) mass is 445 g/mol. The second-order valence-corrected chi connectivity index (χ2v) is 9.05. The van der Waals surface area contributed by atoms with E-state index in [-0.39, 0.29) is 30.5 Å². The summed E-state index contributed by atoms with van der Waals surface area (Å²) in [7, 11) is -3.79. The van der Waals surface area contributed by atoms with E-state index in [0.717, 1.165) is 17.0 Å². The van der Waals surface area contributed by atoms with Crippen molar-refractivity contribution in [2.75, 3.05) is 26.3 Å². The van der Waals surface area contributed by atoms with Crippen molar-refractivity contribution < 1.29 is 22.4 Å². The number of amides is 1. The number of aromatic nitrogens is 3. The van der Waals surface area contributed by atoms with Gasteiger partial charge in [0, 0.05) is 31.5 Å². The van der Waals surface area contributed by atoms with Crippen LogP contribution in [0.5, 0.6) is 0 Å². The molecule has 4 rings (SSSR count). The largest absolute Gasteiger partial charge is 0.438 e. The van der Waals surface area contributed by atoms with Gasteiger partial charge in [0.25, 0.3) is 15.9 Å². The molecule has 0 aromatic carbocycles. The van der Waals surface area contributed by atoms with Crippen LogP contribution in [-0.2, 0) is 21.3 Å². The van der Waals surface area contributed by atoms with Gasteiger partial charge >= 0.3 is 0 Å². The Bertz CT molecular complexity index is 1180.